The van der Waals surface area contributed by atoms with Gasteiger partial charge in [0.15, 0.2) is 0 Å². The van der Waals surface area contributed by atoms with Crippen molar-refractivity contribution < 1.29 is 22.7 Å². The summed E-state index contributed by atoms with van der Waals surface area (Å²) in [5.41, 5.74) is -1.73. The molecule has 1 aromatic carbocycles. The smallest absolute Gasteiger partial charge is 0.387 e. The Labute approximate surface area is 129 Å². The van der Waals surface area contributed by atoms with Gasteiger partial charge in [-0.1, -0.05) is 23.2 Å². The van der Waals surface area contributed by atoms with Gasteiger partial charge in [0.05, 0.1) is 16.5 Å². The topological polar surface area (TPSA) is 32.3 Å². The Bertz CT molecular complexity index is 532. The van der Waals surface area contributed by atoms with E-state index < -0.39 is 23.5 Å². The molecule has 0 radical (unpaired) electrons. The average molecular weight is 346 g/mol. The van der Waals surface area contributed by atoms with Crippen LogP contribution in [0, 0.1) is 11.2 Å². The first-order valence-corrected chi connectivity index (χ1v) is 7.02. The predicted molar refractivity (Wildman–Crippen MR) is 72.0 cm³/mol. The largest absolute Gasteiger partial charge is 0.395 e. The molecule has 2 rings (SSSR count). The molecule has 0 amide bonds. The first-order valence-electron chi connectivity index (χ1n) is 6.27. The van der Waals surface area contributed by atoms with Gasteiger partial charge in [0.1, 0.15) is 5.82 Å². The molecule has 0 aliphatic heterocycles. The molecular formula is C13H13Cl2F4NO. The van der Waals surface area contributed by atoms with Gasteiger partial charge in [-0.3, -0.25) is 0 Å². The molecule has 2 N–H and O–H groups in total. The zero-order valence-corrected chi connectivity index (χ0v) is 12.3. The monoisotopic (exact) mass is 345 g/mol. The number of halogens is 6. The Hall–Kier alpha value is -0.560. The second-order valence-electron chi connectivity index (χ2n) is 5.18. The highest BCUT2D eigenvalue weighted by Crippen LogP contribution is 2.57. The first kappa shape index (κ1) is 16.8. The minimum atomic E-state index is -4.26. The minimum absolute atomic E-state index is 0.0253. The van der Waals surface area contributed by atoms with Crippen LogP contribution in [-0.2, 0) is 0 Å². The molecule has 1 unspecified atom stereocenters. The Kier molecular flexibility index (Phi) is 4.73. The number of hydrogen-bond donors (Lipinski definition) is 2. The molecule has 1 saturated carbocycles. The third-order valence-corrected chi connectivity index (χ3v) is 4.38. The number of benzene rings is 1. The van der Waals surface area contributed by atoms with Crippen molar-refractivity contribution in [2.45, 2.75) is 25.1 Å². The molecule has 0 spiro atoms. The molecule has 0 saturated heterocycles. The molecular weight excluding hydrogens is 333 g/mol. The van der Waals surface area contributed by atoms with E-state index in [1.807, 2.05) is 0 Å². The SMILES string of the molecule is OC(CNCC1(C(F)(F)F)CC1)c1c(Cl)ccc(F)c1Cl. The molecule has 8 heteroatoms. The zero-order chi connectivity index (χ0) is 15.8. The third kappa shape index (κ3) is 3.44. The predicted octanol–water partition coefficient (Wildman–Crippen LogP) is 4.10. The third-order valence-electron chi connectivity index (χ3n) is 3.67. The molecule has 0 bridgehead atoms. The van der Waals surface area contributed by atoms with Gasteiger partial charge in [-0.2, -0.15) is 13.2 Å². The summed E-state index contributed by atoms with van der Waals surface area (Å²) in [6.07, 6.45) is -5.41. The number of aliphatic hydroxyl groups excluding tert-OH is 1. The quantitative estimate of drug-likeness (QED) is 0.622. The molecule has 2 nitrogen and oxygen atoms in total. The van der Waals surface area contributed by atoms with Crippen molar-refractivity contribution in [3.8, 4) is 0 Å². The van der Waals surface area contributed by atoms with Gasteiger partial charge in [-0.25, -0.2) is 4.39 Å². The van der Waals surface area contributed by atoms with Crippen molar-refractivity contribution in [2.75, 3.05) is 13.1 Å². The number of hydrogen-bond acceptors (Lipinski definition) is 2. The fraction of sp³-hybridized carbons (Fsp3) is 0.538. The fourth-order valence-corrected chi connectivity index (χ4v) is 2.73. The highest BCUT2D eigenvalue weighted by molar-refractivity contribution is 6.36. The average Bonchev–Trinajstić information content (AvgIpc) is 3.15. The molecule has 21 heavy (non-hydrogen) atoms. The Balaban J connectivity index is 1.98. The lowest BCUT2D eigenvalue weighted by Crippen LogP contribution is -2.37. The molecule has 1 aliphatic carbocycles. The lowest BCUT2D eigenvalue weighted by atomic mass is 10.1. The maximum Gasteiger partial charge on any atom is 0.395 e. The van der Waals surface area contributed by atoms with Crippen LogP contribution in [0.1, 0.15) is 24.5 Å². The van der Waals surface area contributed by atoms with Crippen LogP contribution in [0.2, 0.25) is 10.0 Å². The summed E-state index contributed by atoms with van der Waals surface area (Å²) in [6.45, 7) is -0.487. The lowest BCUT2D eigenvalue weighted by molar-refractivity contribution is -0.185. The van der Waals surface area contributed by atoms with Crippen molar-refractivity contribution >= 4 is 23.2 Å². The van der Waals surface area contributed by atoms with Crippen LogP contribution in [-0.4, -0.2) is 24.4 Å². The van der Waals surface area contributed by atoms with Gasteiger partial charge < -0.3 is 10.4 Å². The van der Waals surface area contributed by atoms with Crippen LogP contribution in [0.15, 0.2) is 12.1 Å². The van der Waals surface area contributed by atoms with Gasteiger partial charge in [-0.05, 0) is 25.0 Å². The van der Waals surface area contributed by atoms with E-state index in [9.17, 15) is 22.7 Å². The van der Waals surface area contributed by atoms with Crippen LogP contribution in [0.4, 0.5) is 17.6 Å². The van der Waals surface area contributed by atoms with Gasteiger partial charge >= 0.3 is 6.18 Å². The number of rotatable bonds is 5. The van der Waals surface area contributed by atoms with Crippen molar-refractivity contribution in [3.05, 3.63) is 33.6 Å². The summed E-state index contributed by atoms with van der Waals surface area (Å²) >= 11 is 11.6. The molecule has 1 atom stereocenters. The van der Waals surface area contributed by atoms with E-state index in [0.29, 0.717) is 0 Å². The van der Waals surface area contributed by atoms with Crippen LogP contribution in [0.25, 0.3) is 0 Å². The van der Waals surface area contributed by atoms with Gasteiger partial charge in [-0.15, -0.1) is 0 Å². The summed E-state index contributed by atoms with van der Waals surface area (Å²) in [6, 6.07) is 2.29. The van der Waals surface area contributed by atoms with Crippen molar-refractivity contribution in [2.24, 2.45) is 5.41 Å². The molecule has 1 aliphatic rings. The standard InChI is InChI=1S/C13H13Cl2F4NO/c14-7-1-2-8(16)11(15)10(7)9(21)5-20-6-12(3-4-12)13(17,18)19/h1-2,9,20-21H,3-6H2. The second-order valence-corrected chi connectivity index (χ2v) is 5.97. The lowest BCUT2D eigenvalue weighted by Gasteiger charge is -2.21. The van der Waals surface area contributed by atoms with Crippen LogP contribution in [0.5, 0.6) is 0 Å². The van der Waals surface area contributed by atoms with Gasteiger partial charge in [0.2, 0.25) is 0 Å². The highest BCUT2D eigenvalue weighted by Gasteiger charge is 2.62. The summed E-state index contributed by atoms with van der Waals surface area (Å²) in [5.74, 6) is -0.746. The summed E-state index contributed by atoms with van der Waals surface area (Å²) in [4.78, 5) is 0. The van der Waals surface area contributed by atoms with Gasteiger partial charge in [0, 0.05) is 23.7 Å². The summed E-state index contributed by atoms with van der Waals surface area (Å²) in [5, 5.41) is 12.2. The second kappa shape index (κ2) is 5.91. The van der Waals surface area contributed by atoms with Crippen LogP contribution in [0.3, 0.4) is 0 Å². The highest BCUT2D eigenvalue weighted by atomic mass is 35.5. The first-order chi connectivity index (χ1) is 9.68. The van der Waals surface area contributed by atoms with E-state index in [1.165, 1.54) is 6.07 Å². The Morgan fingerprint density at radius 2 is 1.90 bits per heavy atom. The fourth-order valence-electron chi connectivity index (χ4n) is 2.11. The molecule has 1 aromatic rings. The van der Waals surface area contributed by atoms with E-state index in [2.05, 4.69) is 5.32 Å². The normalized spacial score (nSPS) is 18.6. The van der Waals surface area contributed by atoms with Gasteiger partial charge in [0.25, 0.3) is 0 Å². The molecule has 0 heterocycles. The van der Waals surface area contributed by atoms with E-state index in [0.717, 1.165) is 6.07 Å². The molecule has 0 aromatic heterocycles. The van der Waals surface area contributed by atoms with Crippen molar-refractivity contribution in [3.63, 3.8) is 0 Å². The minimum Gasteiger partial charge on any atom is -0.387 e. The maximum atomic E-state index is 13.3. The molecule has 118 valence electrons. The van der Waals surface area contributed by atoms with Crippen molar-refractivity contribution in [1.82, 2.24) is 5.32 Å². The van der Waals surface area contributed by atoms with E-state index in [1.54, 1.807) is 0 Å². The number of aliphatic hydroxyl groups is 1. The number of nitrogens with one attached hydrogen (secondary N) is 1. The van der Waals surface area contributed by atoms with Crippen molar-refractivity contribution in [1.29, 1.82) is 0 Å². The summed E-state index contributed by atoms with van der Waals surface area (Å²) < 4.78 is 51.5. The van der Waals surface area contributed by atoms with E-state index >= 15 is 0 Å². The molecule has 1 fully saturated rings. The van der Waals surface area contributed by atoms with Crippen LogP contribution < -0.4 is 5.32 Å². The Morgan fingerprint density at radius 3 is 2.43 bits per heavy atom. The zero-order valence-electron chi connectivity index (χ0n) is 10.8. The Morgan fingerprint density at radius 1 is 1.29 bits per heavy atom. The van der Waals surface area contributed by atoms with E-state index in [-0.39, 0.29) is 41.5 Å². The van der Waals surface area contributed by atoms with Crippen LogP contribution >= 0.6 is 23.2 Å². The maximum absolute atomic E-state index is 13.3. The number of alkyl halides is 3. The van der Waals surface area contributed by atoms with E-state index in [4.69, 9.17) is 23.2 Å². The summed E-state index contributed by atoms with van der Waals surface area (Å²) in [7, 11) is 0.